The fourth-order valence-electron chi connectivity index (χ4n) is 3.11. The Morgan fingerprint density at radius 3 is 1.42 bits per heavy atom. The lowest BCUT2D eigenvalue weighted by atomic mass is 10.0. The van der Waals surface area contributed by atoms with Gasteiger partial charge >= 0.3 is 12.1 Å². The topological polar surface area (TPSA) is 26.3 Å². The molecule has 0 aromatic heterocycles. The predicted molar refractivity (Wildman–Crippen MR) is 105 cm³/mol. The quantitative estimate of drug-likeness (QED) is 0.197. The molecule has 0 saturated heterocycles. The zero-order valence-electron chi connectivity index (χ0n) is 17.1. The Labute approximate surface area is 159 Å². The van der Waals surface area contributed by atoms with Crippen LogP contribution >= 0.6 is 0 Å². The summed E-state index contributed by atoms with van der Waals surface area (Å²) in [6.07, 6.45) is 12.7. The van der Waals surface area contributed by atoms with Crippen molar-refractivity contribution in [1.29, 1.82) is 0 Å². The highest BCUT2D eigenvalue weighted by Crippen LogP contribution is 2.23. The molecular weight excluding hydrogens is 357 g/mol. The van der Waals surface area contributed by atoms with E-state index in [1.54, 1.807) is 13.1 Å². The van der Waals surface area contributed by atoms with Crippen LogP contribution in [-0.4, -0.2) is 20.5 Å². The highest BCUT2D eigenvalue weighted by molar-refractivity contribution is 6.72. The summed E-state index contributed by atoms with van der Waals surface area (Å²) in [5.41, 5.74) is 0. The highest BCUT2D eigenvalue weighted by atomic mass is 28.4. The standard InChI is InChI=1S/C20H39F3O2Si/c1-4-5-6-7-8-9-10-11-12-13-14-15-16-17-18-26(2,3)25-19(24)20(21,22)23/h4-18H2,1-3H3. The van der Waals surface area contributed by atoms with Crippen molar-refractivity contribution in [3.8, 4) is 0 Å². The number of hydrogen-bond acceptors (Lipinski definition) is 2. The summed E-state index contributed by atoms with van der Waals surface area (Å²) >= 11 is 0. The minimum atomic E-state index is -4.88. The van der Waals surface area contributed by atoms with Gasteiger partial charge in [-0.2, -0.15) is 13.2 Å². The van der Waals surface area contributed by atoms with Crippen molar-refractivity contribution in [3.05, 3.63) is 0 Å². The molecule has 0 heterocycles. The van der Waals surface area contributed by atoms with E-state index in [4.69, 9.17) is 4.43 Å². The Hall–Kier alpha value is -0.523. The van der Waals surface area contributed by atoms with Crippen LogP contribution in [0.25, 0.3) is 0 Å². The molecule has 0 amide bonds. The van der Waals surface area contributed by atoms with Crippen LogP contribution in [0.2, 0.25) is 19.1 Å². The maximum atomic E-state index is 12.2. The minimum Gasteiger partial charge on any atom is -0.513 e. The van der Waals surface area contributed by atoms with Gasteiger partial charge in [-0.1, -0.05) is 96.8 Å². The molecule has 0 spiro atoms. The third-order valence-corrected chi connectivity index (χ3v) is 7.03. The third-order valence-electron chi connectivity index (χ3n) is 4.73. The van der Waals surface area contributed by atoms with Crippen LogP contribution in [0.3, 0.4) is 0 Å². The number of unbranched alkanes of at least 4 members (excludes halogenated alkanes) is 13. The molecule has 0 aromatic carbocycles. The maximum absolute atomic E-state index is 12.2. The van der Waals surface area contributed by atoms with Gasteiger partial charge in [0, 0.05) is 0 Å². The largest absolute Gasteiger partial charge is 0.513 e. The summed E-state index contributed by atoms with van der Waals surface area (Å²) < 4.78 is 41.4. The molecule has 0 aromatic rings. The zero-order chi connectivity index (χ0) is 19.9. The van der Waals surface area contributed by atoms with E-state index in [1.807, 2.05) is 0 Å². The lowest BCUT2D eigenvalue weighted by Crippen LogP contribution is -2.39. The second-order valence-corrected chi connectivity index (χ2v) is 12.2. The van der Waals surface area contributed by atoms with Gasteiger partial charge in [0.05, 0.1) is 0 Å². The number of alkyl halides is 3. The molecule has 0 fully saturated rings. The van der Waals surface area contributed by atoms with E-state index >= 15 is 0 Å². The SMILES string of the molecule is CCCCCCCCCCCCCCCC[Si](C)(C)OC(=O)C(F)(F)F. The monoisotopic (exact) mass is 396 g/mol. The molecule has 2 nitrogen and oxygen atoms in total. The van der Waals surface area contributed by atoms with Gasteiger partial charge in [-0.15, -0.1) is 0 Å². The van der Waals surface area contributed by atoms with Crippen molar-refractivity contribution >= 4 is 14.3 Å². The molecule has 0 aliphatic carbocycles. The molecule has 0 unspecified atom stereocenters. The first-order valence-corrected chi connectivity index (χ1v) is 13.6. The molecule has 0 aliphatic rings. The number of hydrogen-bond donors (Lipinski definition) is 0. The Bertz CT molecular complexity index is 357. The fourth-order valence-corrected chi connectivity index (χ4v) is 4.93. The maximum Gasteiger partial charge on any atom is 0.489 e. The first-order valence-electron chi connectivity index (χ1n) is 10.5. The van der Waals surface area contributed by atoms with E-state index in [-0.39, 0.29) is 0 Å². The lowest BCUT2D eigenvalue weighted by molar-refractivity contribution is -0.190. The van der Waals surface area contributed by atoms with E-state index < -0.39 is 20.5 Å². The van der Waals surface area contributed by atoms with Crippen LogP contribution in [-0.2, 0) is 9.22 Å². The Kier molecular flexibility index (Phi) is 14.2. The van der Waals surface area contributed by atoms with Gasteiger partial charge in [-0.05, 0) is 19.1 Å². The third kappa shape index (κ3) is 15.7. The average molecular weight is 397 g/mol. The van der Waals surface area contributed by atoms with Crippen LogP contribution < -0.4 is 0 Å². The molecule has 0 aliphatic heterocycles. The van der Waals surface area contributed by atoms with Crippen LogP contribution in [0.4, 0.5) is 13.2 Å². The minimum absolute atomic E-state index is 0.604. The van der Waals surface area contributed by atoms with Crippen LogP contribution in [0, 0.1) is 0 Å². The Balaban J connectivity index is 3.44. The predicted octanol–water partition coefficient (Wildman–Crippen LogP) is 7.78. The summed E-state index contributed by atoms with van der Waals surface area (Å²) in [4.78, 5) is 10.9. The molecule has 0 atom stereocenters. The molecule has 0 bridgehead atoms. The Morgan fingerprint density at radius 1 is 0.731 bits per heavy atom. The van der Waals surface area contributed by atoms with E-state index in [1.165, 1.54) is 70.6 Å². The normalized spacial score (nSPS) is 12.4. The number of rotatable bonds is 16. The van der Waals surface area contributed by atoms with Gasteiger partial charge in [0.25, 0.3) is 0 Å². The zero-order valence-corrected chi connectivity index (χ0v) is 18.1. The van der Waals surface area contributed by atoms with Gasteiger partial charge in [-0.3, -0.25) is 0 Å². The summed E-state index contributed by atoms with van der Waals surface area (Å²) in [5, 5.41) is 0. The van der Waals surface area contributed by atoms with Gasteiger partial charge in [0.2, 0.25) is 8.32 Å². The molecule has 26 heavy (non-hydrogen) atoms. The first-order chi connectivity index (χ1) is 12.2. The summed E-state index contributed by atoms with van der Waals surface area (Å²) in [7, 11) is -2.55. The second-order valence-electron chi connectivity index (χ2n) is 7.99. The average Bonchev–Trinajstić information content (AvgIpc) is 2.53. The summed E-state index contributed by atoms with van der Waals surface area (Å²) in [6, 6.07) is 0.604. The summed E-state index contributed by atoms with van der Waals surface area (Å²) in [5.74, 6) is -2.03. The van der Waals surface area contributed by atoms with Crippen LogP contribution in [0.1, 0.15) is 96.8 Å². The summed E-state index contributed by atoms with van der Waals surface area (Å²) in [6.45, 7) is 5.60. The molecule has 0 radical (unpaired) electrons. The number of carbonyl (C=O) groups excluding carboxylic acids is 1. The van der Waals surface area contributed by atoms with E-state index in [9.17, 15) is 18.0 Å². The molecule has 0 saturated carbocycles. The van der Waals surface area contributed by atoms with E-state index in [0.717, 1.165) is 19.3 Å². The van der Waals surface area contributed by atoms with Crippen molar-refractivity contribution in [2.75, 3.05) is 0 Å². The second kappa shape index (κ2) is 14.5. The molecule has 6 heteroatoms. The van der Waals surface area contributed by atoms with Gasteiger partial charge in [-0.25, -0.2) is 4.79 Å². The van der Waals surface area contributed by atoms with Crippen LogP contribution in [0.5, 0.6) is 0 Å². The van der Waals surface area contributed by atoms with Crippen molar-refractivity contribution in [3.63, 3.8) is 0 Å². The van der Waals surface area contributed by atoms with Crippen molar-refractivity contribution in [2.45, 2.75) is 122 Å². The van der Waals surface area contributed by atoms with E-state index in [0.29, 0.717) is 6.04 Å². The van der Waals surface area contributed by atoms with Gasteiger partial charge < -0.3 is 4.43 Å². The molecule has 156 valence electrons. The highest BCUT2D eigenvalue weighted by Gasteiger charge is 2.44. The molecule has 0 rings (SSSR count). The molecule has 0 N–H and O–H groups in total. The van der Waals surface area contributed by atoms with Gasteiger partial charge in [0.1, 0.15) is 0 Å². The number of halogens is 3. The molecular formula is C20H39F3O2Si. The van der Waals surface area contributed by atoms with Gasteiger partial charge in [0.15, 0.2) is 0 Å². The van der Waals surface area contributed by atoms with Crippen molar-refractivity contribution < 1.29 is 22.4 Å². The first kappa shape index (κ1) is 25.5. The Morgan fingerprint density at radius 2 is 1.08 bits per heavy atom. The smallest absolute Gasteiger partial charge is 0.489 e. The van der Waals surface area contributed by atoms with Crippen LogP contribution in [0.15, 0.2) is 0 Å². The van der Waals surface area contributed by atoms with Crippen molar-refractivity contribution in [2.24, 2.45) is 0 Å². The number of carbonyl (C=O) groups is 1. The van der Waals surface area contributed by atoms with E-state index in [2.05, 4.69) is 6.92 Å². The lowest BCUT2D eigenvalue weighted by Gasteiger charge is -2.23. The fraction of sp³-hybridized carbons (Fsp3) is 0.950. The van der Waals surface area contributed by atoms with Crippen molar-refractivity contribution in [1.82, 2.24) is 0 Å².